The Balaban J connectivity index is 2.91. The van der Waals surface area contributed by atoms with Gasteiger partial charge < -0.3 is 9.47 Å². The van der Waals surface area contributed by atoms with Gasteiger partial charge in [-0.05, 0) is 34.1 Å². The van der Waals surface area contributed by atoms with Crippen molar-refractivity contribution in [2.45, 2.75) is 0 Å². The van der Waals surface area contributed by atoms with Crippen LogP contribution in [0.15, 0.2) is 41.2 Å². The van der Waals surface area contributed by atoms with Crippen LogP contribution in [0.4, 0.5) is 0 Å². The van der Waals surface area contributed by atoms with Gasteiger partial charge in [0.25, 0.3) is 0 Å². The Morgan fingerprint density at radius 3 is 2.85 bits per heavy atom. The molecule has 0 saturated heterocycles. The second-order valence-corrected chi connectivity index (χ2v) is 3.09. The number of hydrogen-bond donors (Lipinski definition) is 0. The molecule has 2 nitrogen and oxygen atoms in total. The molecule has 1 aromatic rings. The Morgan fingerprint density at radius 1 is 1.54 bits per heavy atom. The summed E-state index contributed by atoms with van der Waals surface area (Å²) in [5.41, 5.74) is 2.52. The van der Waals surface area contributed by atoms with E-state index < -0.39 is 0 Å². The summed E-state index contributed by atoms with van der Waals surface area (Å²) in [6.45, 7) is 3.39. The van der Waals surface area contributed by atoms with E-state index in [-0.39, 0.29) is 0 Å². The minimum Gasteiger partial charge on any atom is -0.497 e. The van der Waals surface area contributed by atoms with Crippen LogP contribution in [0.5, 0.6) is 11.5 Å². The van der Waals surface area contributed by atoms with E-state index in [4.69, 9.17) is 9.47 Å². The smallest absolute Gasteiger partial charge is 0.141 e. The van der Waals surface area contributed by atoms with E-state index in [0.29, 0.717) is 5.75 Å². The van der Waals surface area contributed by atoms with E-state index in [9.17, 15) is 0 Å². The number of rotatable bonds is 3. The summed E-state index contributed by atoms with van der Waals surface area (Å²) < 4.78 is 11.0. The van der Waals surface area contributed by atoms with Gasteiger partial charge in [0, 0.05) is 0 Å². The van der Waals surface area contributed by atoms with E-state index in [1.807, 2.05) is 12.1 Å². The fraction of sp³-hybridized carbons (Fsp3) is 0.100. The molecule has 0 amide bonds. The maximum absolute atomic E-state index is 5.18. The van der Waals surface area contributed by atoms with Gasteiger partial charge in [-0.3, -0.25) is 0 Å². The van der Waals surface area contributed by atoms with Gasteiger partial charge in [-0.15, -0.1) is 0 Å². The molecule has 0 saturated carbocycles. The van der Waals surface area contributed by atoms with Crippen molar-refractivity contribution in [3.05, 3.63) is 41.2 Å². The maximum atomic E-state index is 5.18. The molecule has 0 spiro atoms. The normalized spacial score (nSPS) is 8.77. The predicted octanol–water partition coefficient (Wildman–Crippen LogP) is 3.14. The quantitative estimate of drug-likeness (QED) is 0.597. The summed E-state index contributed by atoms with van der Waals surface area (Å²) in [7, 11) is 1.62. The average molecular weight is 241 g/mol. The van der Waals surface area contributed by atoms with Crippen molar-refractivity contribution >= 4 is 15.9 Å². The molecule has 3 heteroatoms. The number of ether oxygens (including phenoxy) is 2. The van der Waals surface area contributed by atoms with Crippen molar-refractivity contribution in [2.75, 3.05) is 7.11 Å². The SMILES string of the molecule is C=C=COc1ccc(OC)cc1Br. The summed E-state index contributed by atoms with van der Waals surface area (Å²) in [4.78, 5) is 0. The van der Waals surface area contributed by atoms with Gasteiger partial charge in [0.1, 0.15) is 17.8 Å². The lowest BCUT2D eigenvalue weighted by molar-refractivity contribution is 0.412. The lowest BCUT2D eigenvalue weighted by atomic mass is 10.3. The molecule has 0 heterocycles. The Morgan fingerprint density at radius 2 is 2.31 bits per heavy atom. The lowest BCUT2D eigenvalue weighted by Gasteiger charge is -2.04. The molecule has 0 N–H and O–H groups in total. The van der Waals surface area contributed by atoms with Crippen molar-refractivity contribution in [2.24, 2.45) is 0 Å². The molecule has 0 aliphatic rings. The van der Waals surface area contributed by atoms with Crippen LogP contribution in [0, 0.1) is 0 Å². The zero-order valence-electron chi connectivity index (χ0n) is 7.21. The van der Waals surface area contributed by atoms with Crippen LogP contribution in [-0.2, 0) is 0 Å². The van der Waals surface area contributed by atoms with Gasteiger partial charge in [-0.25, -0.2) is 0 Å². The molecule has 0 radical (unpaired) electrons. The van der Waals surface area contributed by atoms with Gasteiger partial charge in [-0.1, -0.05) is 12.3 Å². The van der Waals surface area contributed by atoms with Crippen molar-refractivity contribution in [3.8, 4) is 11.5 Å². The Labute approximate surface area is 85.6 Å². The Kier molecular flexibility index (Phi) is 3.62. The summed E-state index contributed by atoms with van der Waals surface area (Å²) in [6, 6.07) is 5.44. The van der Waals surface area contributed by atoms with Crippen molar-refractivity contribution in [1.29, 1.82) is 0 Å². The molecule has 1 rings (SSSR count). The van der Waals surface area contributed by atoms with Gasteiger partial charge in [0.05, 0.1) is 11.6 Å². The van der Waals surface area contributed by atoms with Crippen LogP contribution in [0.1, 0.15) is 0 Å². The van der Waals surface area contributed by atoms with Gasteiger partial charge in [-0.2, -0.15) is 0 Å². The Bertz CT molecular complexity index is 341. The van der Waals surface area contributed by atoms with Crippen LogP contribution in [0.3, 0.4) is 0 Å². The third-order valence-corrected chi connectivity index (χ3v) is 2.03. The van der Waals surface area contributed by atoms with Crippen molar-refractivity contribution < 1.29 is 9.47 Å². The summed E-state index contributed by atoms with van der Waals surface area (Å²) in [5.74, 6) is 1.48. The molecular weight excluding hydrogens is 232 g/mol. The third kappa shape index (κ3) is 2.65. The number of benzene rings is 1. The fourth-order valence-electron chi connectivity index (χ4n) is 0.809. The van der Waals surface area contributed by atoms with E-state index in [1.54, 1.807) is 13.2 Å². The zero-order chi connectivity index (χ0) is 9.68. The van der Waals surface area contributed by atoms with Gasteiger partial charge in [0.15, 0.2) is 0 Å². The van der Waals surface area contributed by atoms with Gasteiger partial charge >= 0.3 is 0 Å². The highest BCUT2D eigenvalue weighted by molar-refractivity contribution is 9.10. The molecular formula is C10H9BrO2. The van der Waals surface area contributed by atoms with Crippen LogP contribution < -0.4 is 9.47 Å². The van der Waals surface area contributed by atoms with Crippen LogP contribution in [0.25, 0.3) is 0 Å². The first-order valence-corrected chi connectivity index (χ1v) is 4.41. The van der Waals surface area contributed by atoms with Crippen LogP contribution in [0.2, 0.25) is 0 Å². The monoisotopic (exact) mass is 240 g/mol. The second kappa shape index (κ2) is 4.75. The number of methoxy groups -OCH3 is 1. The topological polar surface area (TPSA) is 18.5 Å². The fourth-order valence-corrected chi connectivity index (χ4v) is 1.26. The molecule has 0 atom stereocenters. The molecule has 1 aromatic carbocycles. The van der Waals surface area contributed by atoms with Crippen molar-refractivity contribution in [3.63, 3.8) is 0 Å². The highest BCUT2D eigenvalue weighted by Gasteiger charge is 2.00. The second-order valence-electron chi connectivity index (χ2n) is 2.24. The molecule has 13 heavy (non-hydrogen) atoms. The highest BCUT2D eigenvalue weighted by atomic mass is 79.9. The average Bonchev–Trinajstić information content (AvgIpc) is 2.16. The first-order chi connectivity index (χ1) is 6.27. The molecule has 0 aliphatic heterocycles. The summed E-state index contributed by atoms with van der Waals surface area (Å²) >= 11 is 3.34. The molecule has 0 fully saturated rings. The minimum absolute atomic E-state index is 0.706. The van der Waals surface area contributed by atoms with Gasteiger partial charge in [0.2, 0.25) is 0 Å². The maximum Gasteiger partial charge on any atom is 0.141 e. The largest absolute Gasteiger partial charge is 0.497 e. The summed E-state index contributed by atoms with van der Waals surface area (Å²) in [5, 5.41) is 0. The molecule has 0 unspecified atom stereocenters. The molecule has 68 valence electrons. The first kappa shape index (κ1) is 9.90. The highest BCUT2D eigenvalue weighted by Crippen LogP contribution is 2.28. The standard InChI is InChI=1S/C10H9BrO2/c1-3-6-13-10-5-4-8(12-2)7-9(10)11/h4-7H,1H2,2H3. The van der Waals surface area contributed by atoms with Crippen LogP contribution >= 0.6 is 15.9 Å². The molecule has 0 aromatic heterocycles. The number of hydrogen-bond acceptors (Lipinski definition) is 2. The minimum atomic E-state index is 0.706. The van der Waals surface area contributed by atoms with E-state index in [0.717, 1.165) is 10.2 Å². The van der Waals surface area contributed by atoms with E-state index >= 15 is 0 Å². The third-order valence-electron chi connectivity index (χ3n) is 1.41. The Hall–Kier alpha value is -1.18. The number of halogens is 1. The summed E-state index contributed by atoms with van der Waals surface area (Å²) in [6.07, 6.45) is 1.40. The van der Waals surface area contributed by atoms with E-state index in [1.165, 1.54) is 6.26 Å². The zero-order valence-corrected chi connectivity index (χ0v) is 8.80. The first-order valence-electron chi connectivity index (χ1n) is 3.62. The van der Waals surface area contributed by atoms with E-state index in [2.05, 4.69) is 28.2 Å². The lowest BCUT2D eigenvalue weighted by Crippen LogP contribution is -1.85. The predicted molar refractivity (Wildman–Crippen MR) is 55.0 cm³/mol. The van der Waals surface area contributed by atoms with Crippen molar-refractivity contribution in [1.82, 2.24) is 0 Å². The molecule has 0 aliphatic carbocycles. The van der Waals surface area contributed by atoms with Crippen LogP contribution in [-0.4, -0.2) is 7.11 Å². The molecule has 0 bridgehead atoms.